The smallest absolute Gasteiger partial charge is 0.00925 e. The van der Waals surface area contributed by atoms with Gasteiger partial charge in [-0.3, -0.25) is 0 Å². The van der Waals surface area contributed by atoms with Crippen LogP contribution in [0.5, 0.6) is 0 Å². The van der Waals surface area contributed by atoms with E-state index in [1.807, 2.05) is 0 Å². The molecule has 0 heterocycles. The SMILES string of the molecule is CCC(NC)C1CC(C)CCC1C(C)C. The van der Waals surface area contributed by atoms with Crippen molar-refractivity contribution in [3.63, 3.8) is 0 Å². The third-order valence-electron chi connectivity index (χ3n) is 4.40. The van der Waals surface area contributed by atoms with Gasteiger partial charge in [0.1, 0.15) is 0 Å². The lowest BCUT2D eigenvalue weighted by atomic mass is 9.67. The van der Waals surface area contributed by atoms with Gasteiger partial charge in [0.2, 0.25) is 0 Å². The summed E-state index contributed by atoms with van der Waals surface area (Å²) >= 11 is 0. The number of hydrogen-bond donors (Lipinski definition) is 1. The van der Waals surface area contributed by atoms with Crippen molar-refractivity contribution in [1.29, 1.82) is 0 Å². The molecule has 15 heavy (non-hydrogen) atoms. The lowest BCUT2D eigenvalue weighted by Crippen LogP contribution is -2.42. The first kappa shape index (κ1) is 13.0. The Morgan fingerprint density at radius 3 is 2.33 bits per heavy atom. The third-order valence-corrected chi connectivity index (χ3v) is 4.40. The Morgan fingerprint density at radius 1 is 1.20 bits per heavy atom. The topological polar surface area (TPSA) is 12.0 Å². The first-order chi connectivity index (χ1) is 7.10. The van der Waals surface area contributed by atoms with Crippen LogP contribution in [-0.4, -0.2) is 13.1 Å². The summed E-state index contributed by atoms with van der Waals surface area (Å²) in [7, 11) is 2.13. The highest BCUT2D eigenvalue weighted by Crippen LogP contribution is 2.40. The normalized spacial score (nSPS) is 34.4. The Morgan fingerprint density at radius 2 is 1.87 bits per heavy atom. The molecule has 4 atom stereocenters. The fourth-order valence-electron chi connectivity index (χ4n) is 3.46. The van der Waals surface area contributed by atoms with Gasteiger partial charge in [0.05, 0.1) is 0 Å². The second-order valence-corrected chi connectivity index (χ2v) is 5.79. The molecule has 90 valence electrons. The van der Waals surface area contributed by atoms with Crippen LogP contribution < -0.4 is 5.32 Å². The highest BCUT2D eigenvalue weighted by atomic mass is 14.9. The predicted octanol–water partition coefficient (Wildman–Crippen LogP) is 3.69. The van der Waals surface area contributed by atoms with Crippen LogP contribution >= 0.6 is 0 Å². The molecule has 0 spiro atoms. The van der Waals surface area contributed by atoms with E-state index in [-0.39, 0.29) is 0 Å². The molecule has 1 nitrogen and oxygen atoms in total. The fourth-order valence-corrected chi connectivity index (χ4v) is 3.46. The van der Waals surface area contributed by atoms with E-state index in [1.165, 1.54) is 25.7 Å². The minimum Gasteiger partial charge on any atom is -0.317 e. The maximum absolute atomic E-state index is 3.53. The van der Waals surface area contributed by atoms with Crippen LogP contribution in [-0.2, 0) is 0 Å². The van der Waals surface area contributed by atoms with E-state index in [0.29, 0.717) is 0 Å². The molecular weight excluding hydrogens is 182 g/mol. The molecule has 0 bridgehead atoms. The van der Waals surface area contributed by atoms with Crippen LogP contribution in [0, 0.1) is 23.7 Å². The summed E-state index contributed by atoms with van der Waals surface area (Å²) in [5.41, 5.74) is 0. The average Bonchev–Trinajstić information content (AvgIpc) is 2.19. The summed E-state index contributed by atoms with van der Waals surface area (Å²) in [5.74, 6) is 3.64. The van der Waals surface area contributed by atoms with Gasteiger partial charge in [-0.1, -0.05) is 34.1 Å². The third kappa shape index (κ3) is 3.21. The minimum atomic E-state index is 0.736. The van der Waals surface area contributed by atoms with Gasteiger partial charge in [0.25, 0.3) is 0 Å². The van der Waals surface area contributed by atoms with Crippen LogP contribution in [0.15, 0.2) is 0 Å². The van der Waals surface area contributed by atoms with E-state index >= 15 is 0 Å². The highest BCUT2D eigenvalue weighted by Gasteiger charge is 2.34. The fraction of sp³-hybridized carbons (Fsp3) is 1.00. The minimum absolute atomic E-state index is 0.736. The molecule has 4 unspecified atom stereocenters. The van der Waals surface area contributed by atoms with Crippen molar-refractivity contribution in [1.82, 2.24) is 5.32 Å². The zero-order valence-electron chi connectivity index (χ0n) is 11.2. The molecule has 0 aliphatic heterocycles. The summed E-state index contributed by atoms with van der Waals surface area (Å²) in [6.45, 7) is 9.54. The van der Waals surface area contributed by atoms with E-state index < -0.39 is 0 Å². The number of hydrogen-bond acceptors (Lipinski definition) is 1. The van der Waals surface area contributed by atoms with E-state index in [1.54, 1.807) is 0 Å². The maximum Gasteiger partial charge on any atom is 0.00925 e. The molecular formula is C14H29N. The zero-order valence-corrected chi connectivity index (χ0v) is 11.2. The van der Waals surface area contributed by atoms with Crippen molar-refractivity contribution < 1.29 is 0 Å². The van der Waals surface area contributed by atoms with Crippen molar-refractivity contribution in [3.05, 3.63) is 0 Å². The Labute approximate surface area is 96.0 Å². The standard InChI is InChI=1S/C14H29N/c1-6-14(15-5)13-9-11(4)7-8-12(13)10(2)3/h10-15H,6-9H2,1-5H3. The van der Waals surface area contributed by atoms with Crippen molar-refractivity contribution in [2.45, 2.75) is 59.4 Å². The Kier molecular flexibility index (Phi) is 5.11. The van der Waals surface area contributed by atoms with Crippen molar-refractivity contribution in [3.8, 4) is 0 Å². The van der Waals surface area contributed by atoms with Crippen LogP contribution in [0.3, 0.4) is 0 Å². The average molecular weight is 211 g/mol. The van der Waals surface area contributed by atoms with E-state index in [9.17, 15) is 0 Å². The summed E-state index contributed by atoms with van der Waals surface area (Å²) in [4.78, 5) is 0. The van der Waals surface area contributed by atoms with E-state index in [2.05, 4.69) is 40.1 Å². The van der Waals surface area contributed by atoms with E-state index in [4.69, 9.17) is 0 Å². The Balaban J connectivity index is 2.68. The number of rotatable bonds is 4. The van der Waals surface area contributed by atoms with Gasteiger partial charge >= 0.3 is 0 Å². The molecule has 0 aromatic carbocycles. The van der Waals surface area contributed by atoms with Crippen LogP contribution in [0.1, 0.15) is 53.4 Å². The summed E-state index contributed by atoms with van der Waals surface area (Å²) in [5, 5.41) is 3.53. The van der Waals surface area contributed by atoms with Gasteiger partial charge in [-0.15, -0.1) is 0 Å². The summed E-state index contributed by atoms with van der Waals surface area (Å²) in [6.07, 6.45) is 5.60. The van der Waals surface area contributed by atoms with Gasteiger partial charge in [-0.2, -0.15) is 0 Å². The largest absolute Gasteiger partial charge is 0.317 e. The molecule has 1 heteroatoms. The molecule has 1 saturated carbocycles. The van der Waals surface area contributed by atoms with Crippen LogP contribution in [0.2, 0.25) is 0 Å². The molecule has 1 N–H and O–H groups in total. The predicted molar refractivity (Wildman–Crippen MR) is 68.0 cm³/mol. The molecule has 1 rings (SSSR count). The lowest BCUT2D eigenvalue weighted by molar-refractivity contribution is 0.109. The maximum atomic E-state index is 3.53. The van der Waals surface area contributed by atoms with Crippen LogP contribution in [0.4, 0.5) is 0 Å². The molecule has 1 aliphatic rings. The van der Waals surface area contributed by atoms with Crippen molar-refractivity contribution in [2.24, 2.45) is 23.7 Å². The number of nitrogens with one attached hydrogen (secondary N) is 1. The molecule has 0 saturated heterocycles. The van der Waals surface area contributed by atoms with Gasteiger partial charge in [-0.25, -0.2) is 0 Å². The Bertz CT molecular complexity index is 172. The molecule has 1 fully saturated rings. The van der Waals surface area contributed by atoms with E-state index in [0.717, 1.165) is 29.7 Å². The molecule has 1 aliphatic carbocycles. The molecule has 0 amide bonds. The molecule has 0 aromatic rings. The van der Waals surface area contributed by atoms with Crippen LogP contribution in [0.25, 0.3) is 0 Å². The summed E-state index contributed by atoms with van der Waals surface area (Å²) < 4.78 is 0. The van der Waals surface area contributed by atoms with Gasteiger partial charge in [0.15, 0.2) is 0 Å². The lowest BCUT2D eigenvalue weighted by Gasteiger charge is -2.41. The van der Waals surface area contributed by atoms with Gasteiger partial charge < -0.3 is 5.32 Å². The van der Waals surface area contributed by atoms with Crippen molar-refractivity contribution in [2.75, 3.05) is 7.05 Å². The summed E-state index contributed by atoms with van der Waals surface area (Å²) in [6, 6.07) is 0.736. The molecule has 0 radical (unpaired) electrons. The van der Waals surface area contributed by atoms with Gasteiger partial charge in [0, 0.05) is 6.04 Å². The van der Waals surface area contributed by atoms with Gasteiger partial charge in [-0.05, 0) is 50.0 Å². The first-order valence-corrected chi connectivity index (χ1v) is 6.77. The second kappa shape index (κ2) is 5.89. The zero-order chi connectivity index (χ0) is 11.4. The monoisotopic (exact) mass is 211 g/mol. The highest BCUT2D eigenvalue weighted by molar-refractivity contribution is 4.87. The Hall–Kier alpha value is -0.0400. The van der Waals surface area contributed by atoms with Crippen molar-refractivity contribution >= 4 is 0 Å². The molecule has 0 aromatic heterocycles. The first-order valence-electron chi connectivity index (χ1n) is 6.77. The quantitative estimate of drug-likeness (QED) is 0.748. The second-order valence-electron chi connectivity index (χ2n) is 5.79.